The van der Waals surface area contributed by atoms with Gasteiger partial charge < -0.3 is 4.42 Å². The van der Waals surface area contributed by atoms with Crippen LogP contribution in [0, 0.1) is 0 Å². The van der Waals surface area contributed by atoms with E-state index in [0.717, 1.165) is 11.7 Å². The summed E-state index contributed by atoms with van der Waals surface area (Å²) in [6.07, 6.45) is 1.83. The highest BCUT2D eigenvalue weighted by Gasteiger charge is 2.19. The van der Waals surface area contributed by atoms with Crippen molar-refractivity contribution in [1.82, 2.24) is 4.98 Å². The lowest BCUT2D eigenvalue weighted by Gasteiger charge is -2.13. The van der Waals surface area contributed by atoms with Gasteiger partial charge in [0.05, 0.1) is 6.20 Å². The van der Waals surface area contributed by atoms with Crippen LogP contribution < -0.4 is 0 Å². The van der Waals surface area contributed by atoms with E-state index in [2.05, 4.69) is 39.6 Å². The highest BCUT2D eigenvalue weighted by molar-refractivity contribution is 5.07. The summed E-state index contributed by atoms with van der Waals surface area (Å²) >= 11 is 0. The Labute approximate surface area is 74.0 Å². The van der Waals surface area contributed by atoms with Gasteiger partial charge >= 0.3 is 0 Å². The summed E-state index contributed by atoms with van der Waals surface area (Å²) in [5, 5.41) is 0. The van der Waals surface area contributed by atoms with E-state index >= 15 is 0 Å². The van der Waals surface area contributed by atoms with Gasteiger partial charge in [-0.15, -0.1) is 0 Å². The molecule has 0 fully saturated rings. The molecule has 68 valence electrons. The first kappa shape index (κ1) is 9.30. The summed E-state index contributed by atoms with van der Waals surface area (Å²) in [5.74, 6) is 2.17. The lowest BCUT2D eigenvalue weighted by molar-refractivity contribution is 0.372. The number of oxazole rings is 1. The third kappa shape index (κ3) is 1.87. The molecule has 12 heavy (non-hydrogen) atoms. The van der Waals surface area contributed by atoms with Crippen molar-refractivity contribution in [2.24, 2.45) is 0 Å². The van der Waals surface area contributed by atoms with Gasteiger partial charge in [0.1, 0.15) is 5.76 Å². The fourth-order valence-corrected chi connectivity index (χ4v) is 0.901. The first-order valence-electron chi connectivity index (χ1n) is 4.37. The molecule has 2 heteroatoms. The van der Waals surface area contributed by atoms with Crippen LogP contribution in [-0.2, 0) is 5.41 Å². The summed E-state index contributed by atoms with van der Waals surface area (Å²) in [6.45, 7) is 10.5. The minimum atomic E-state index is 0.0696. The molecule has 0 saturated carbocycles. The predicted molar refractivity (Wildman–Crippen MR) is 49.3 cm³/mol. The number of hydrogen-bond acceptors (Lipinski definition) is 2. The van der Waals surface area contributed by atoms with E-state index in [1.807, 2.05) is 6.20 Å². The molecular weight excluding hydrogens is 150 g/mol. The minimum absolute atomic E-state index is 0.0696. The zero-order chi connectivity index (χ0) is 9.35. The summed E-state index contributed by atoms with van der Waals surface area (Å²) in [5.41, 5.74) is 0.0696. The molecule has 1 heterocycles. The molecule has 2 nitrogen and oxygen atoms in total. The van der Waals surface area contributed by atoms with Crippen LogP contribution in [0.5, 0.6) is 0 Å². The molecule has 0 radical (unpaired) electrons. The van der Waals surface area contributed by atoms with E-state index in [4.69, 9.17) is 4.42 Å². The van der Waals surface area contributed by atoms with Crippen molar-refractivity contribution in [2.75, 3.05) is 0 Å². The molecule has 0 atom stereocenters. The van der Waals surface area contributed by atoms with Crippen molar-refractivity contribution in [3.8, 4) is 0 Å². The Hall–Kier alpha value is -0.790. The van der Waals surface area contributed by atoms with E-state index < -0.39 is 0 Å². The summed E-state index contributed by atoms with van der Waals surface area (Å²) in [4.78, 5) is 4.22. The second-order valence-electron chi connectivity index (χ2n) is 4.47. The standard InChI is InChI=1S/C10H17NO/c1-7(2)9-11-6-8(12-9)10(3,4)5/h6-7H,1-5H3. The SMILES string of the molecule is CC(C)c1ncc(C(C)(C)C)o1. The molecule has 0 aliphatic rings. The maximum Gasteiger partial charge on any atom is 0.196 e. The molecule has 0 aliphatic heterocycles. The molecule has 1 aromatic rings. The molecule has 0 N–H and O–H groups in total. The zero-order valence-corrected chi connectivity index (χ0v) is 8.51. The van der Waals surface area contributed by atoms with E-state index in [1.165, 1.54) is 0 Å². The Morgan fingerprint density at radius 3 is 2.17 bits per heavy atom. The van der Waals surface area contributed by atoms with E-state index in [9.17, 15) is 0 Å². The van der Waals surface area contributed by atoms with Crippen LogP contribution in [0.1, 0.15) is 52.2 Å². The Morgan fingerprint density at radius 1 is 1.33 bits per heavy atom. The molecule has 0 amide bonds. The third-order valence-corrected chi connectivity index (χ3v) is 1.76. The summed E-state index contributed by atoms with van der Waals surface area (Å²) in [6, 6.07) is 0. The molecule has 0 unspecified atom stereocenters. The molecule has 0 saturated heterocycles. The van der Waals surface area contributed by atoms with Gasteiger partial charge in [0.15, 0.2) is 5.89 Å². The monoisotopic (exact) mass is 167 g/mol. The molecule has 0 aliphatic carbocycles. The topological polar surface area (TPSA) is 26.0 Å². The van der Waals surface area contributed by atoms with Gasteiger partial charge in [-0.05, 0) is 0 Å². The van der Waals surface area contributed by atoms with Crippen LogP contribution in [0.25, 0.3) is 0 Å². The molecular formula is C10H17NO. The predicted octanol–water partition coefficient (Wildman–Crippen LogP) is 3.10. The maximum absolute atomic E-state index is 5.60. The Balaban J connectivity index is 2.92. The normalized spacial score (nSPS) is 12.5. The van der Waals surface area contributed by atoms with Crippen molar-refractivity contribution < 1.29 is 4.42 Å². The zero-order valence-electron chi connectivity index (χ0n) is 8.51. The van der Waals surface area contributed by atoms with Gasteiger partial charge in [0.2, 0.25) is 0 Å². The van der Waals surface area contributed by atoms with Gasteiger partial charge in [-0.25, -0.2) is 4.98 Å². The quantitative estimate of drug-likeness (QED) is 0.642. The van der Waals surface area contributed by atoms with Crippen LogP contribution >= 0.6 is 0 Å². The van der Waals surface area contributed by atoms with Gasteiger partial charge in [-0.2, -0.15) is 0 Å². The summed E-state index contributed by atoms with van der Waals surface area (Å²) < 4.78 is 5.60. The van der Waals surface area contributed by atoms with Gasteiger partial charge in [-0.1, -0.05) is 34.6 Å². The van der Waals surface area contributed by atoms with Crippen molar-refractivity contribution in [3.05, 3.63) is 17.8 Å². The second-order valence-corrected chi connectivity index (χ2v) is 4.47. The van der Waals surface area contributed by atoms with E-state index in [0.29, 0.717) is 5.92 Å². The lowest BCUT2D eigenvalue weighted by Crippen LogP contribution is -2.09. The van der Waals surface area contributed by atoms with Crippen LogP contribution in [0.3, 0.4) is 0 Å². The van der Waals surface area contributed by atoms with E-state index in [-0.39, 0.29) is 5.41 Å². The number of aromatic nitrogens is 1. The van der Waals surface area contributed by atoms with Crippen molar-refractivity contribution in [2.45, 2.75) is 46.0 Å². The Morgan fingerprint density at radius 2 is 1.92 bits per heavy atom. The molecule has 1 aromatic heterocycles. The second kappa shape index (κ2) is 2.92. The van der Waals surface area contributed by atoms with Crippen LogP contribution in [0.15, 0.2) is 10.6 Å². The maximum atomic E-state index is 5.60. The number of nitrogens with zero attached hydrogens (tertiary/aromatic N) is 1. The number of rotatable bonds is 1. The lowest BCUT2D eigenvalue weighted by atomic mass is 9.94. The average molecular weight is 167 g/mol. The van der Waals surface area contributed by atoms with Crippen LogP contribution in [-0.4, -0.2) is 4.98 Å². The van der Waals surface area contributed by atoms with Gasteiger partial charge in [0.25, 0.3) is 0 Å². The fraction of sp³-hybridized carbons (Fsp3) is 0.700. The molecule has 0 bridgehead atoms. The van der Waals surface area contributed by atoms with Crippen molar-refractivity contribution >= 4 is 0 Å². The first-order valence-corrected chi connectivity index (χ1v) is 4.37. The first-order chi connectivity index (χ1) is 5.41. The Kier molecular flexibility index (Phi) is 2.27. The van der Waals surface area contributed by atoms with Crippen molar-refractivity contribution in [3.63, 3.8) is 0 Å². The van der Waals surface area contributed by atoms with Gasteiger partial charge in [-0.3, -0.25) is 0 Å². The highest BCUT2D eigenvalue weighted by atomic mass is 16.4. The fourth-order valence-electron chi connectivity index (χ4n) is 0.901. The van der Waals surface area contributed by atoms with Crippen LogP contribution in [0.2, 0.25) is 0 Å². The molecule has 1 rings (SSSR count). The highest BCUT2D eigenvalue weighted by Crippen LogP contribution is 2.24. The molecule has 0 aromatic carbocycles. The largest absolute Gasteiger partial charge is 0.445 e. The van der Waals surface area contributed by atoms with Gasteiger partial charge in [0, 0.05) is 11.3 Å². The smallest absolute Gasteiger partial charge is 0.196 e. The molecule has 0 spiro atoms. The van der Waals surface area contributed by atoms with E-state index in [1.54, 1.807) is 0 Å². The summed E-state index contributed by atoms with van der Waals surface area (Å²) in [7, 11) is 0. The Bertz CT molecular complexity index is 255. The third-order valence-electron chi connectivity index (χ3n) is 1.76. The van der Waals surface area contributed by atoms with Crippen molar-refractivity contribution in [1.29, 1.82) is 0 Å². The van der Waals surface area contributed by atoms with Crippen LogP contribution in [0.4, 0.5) is 0 Å². The average Bonchev–Trinajstić information content (AvgIpc) is 2.30. The number of hydrogen-bond donors (Lipinski definition) is 0. The minimum Gasteiger partial charge on any atom is -0.445 e.